The number of benzene rings is 2. The molecule has 30 heavy (non-hydrogen) atoms. The number of carbonyl (C=O) groups is 1. The summed E-state index contributed by atoms with van der Waals surface area (Å²) >= 11 is 3.40. The van der Waals surface area contributed by atoms with Gasteiger partial charge in [-0.25, -0.2) is 9.20 Å². The summed E-state index contributed by atoms with van der Waals surface area (Å²) < 4.78 is 8.99. The first-order valence-corrected chi connectivity index (χ1v) is 10.1. The van der Waals surface area contributed by atoms with Crippen LogP contribution in [0.15, 0.2) is 70.2 Å². The van der Waals surface area contributed by atoms with Crippen molar-refractivity contribution >= 4 is 33.0 Å². The minimum Gasteiger partial charge on any atom is -0.492 e. The number of anilines is 1. The Morgan fingerprint density at radius 1 is 1.17 bits per heavy atom. The summed E-state index contributed by atoms with van der Waals surface area (Å²) in [6.45, 7) is 2.12. The number of hydrogen-bond acceptors (Lipinski definition) is 5. The second-order valence-electron chi connectivity index (χ2n) is 6.44. The molecule has 152 valence electrons. The molecule has 0 aliphatic heterocycles. The Labute approximate surface area is 180 Å². The maximum Gasteiger partial charge on any atom is 0.293 e. The molecule has 0 atom stereocenters. The van der Waals surface area contributed by atoms with Crippen LogP contribution in [0.2, 0.25) is 0 Å². The molecule has 0 radical (unpaired) electrons. The van der Waals surface area contributed by atoms with Crippen LogP contribution in [-0.4, -0.2) is 31.9 Å². The summed E-state index contributed by atoms with van der Waals surface area (Å²) in [7, 11) is 0. The van der Waals surface area contributed by atoms with Gasteiger partial charge in [-0.2, -0.15) is 10.2 Å². The molecular formula is C21H18BrN5O3. The normalized spacial score (nSPS) is 10.9. The number of nitrogens with one attached hydrogen (secondary N) is 1. The number of nitrogens with zero attached hydrogens (tertiary/aromatic N) is 4. The van der Waals surface area contributed by atoms with Crippen molar-refractivity contribution in [2.24, 2.45) is 0 Å². The van der Waals surface area contributed by atoms with Crippen LogP contribution in [0.3, 0.4) is 0 Å². The van der Waals surface area contributed by atoms with Crippen LogP contribution in [-0.2, 0) is 11.3 Å². The lowest BCUT2D eigenvalue weighted by Crippen LogP contribution is -2.30. The van der Waals surface area contributed by atoms with Gasteiger partial charge < -0.3 is 10.1 Å². The molecule has 0 saturated carbocycles. The van der Waals surface area contributed by atoms with Crippen molar-refractivity contribution in [3.8, 4) is 17.0 Å². The first-order chi connectivity index (χ1) is 14.5. The second-order valence-corrected chi connectivity index (χ2v) is 7.35. The summed E-state index contributed by atoms with van der Waals surface area (Å²) in [5.74, 6) is 0.188. The maximum absolute atomic E-state index is 12.8. The van der Waals surface area contributed by atoms with E-state index in [-0.39, 0.29) is 12.5 Å². The Hall–Kier alpha value is -3.46. The van der Waals surface area contributed by atoms with E-state index in [9.17, 15) is 9.59 Å². The number of amides is 1. The van der Waals surface area contributed by atoms with Crippen LogP contribution in [0.5, 0.6) is 5.75 Å². The van der Waals surface area contributed by atoms with Crippen LogP contribution < -0.4 is 15.6 Å². The van der Waals surface area contributed by atoms with Gasteiger partial charge in [0.2, 0.25) is 5.91 Å². The van der Waals surface area contributed by atoms with E-state index in [1.165, 1.54) is 10.8 Å². The average molecular weight is 468 g/mol. The van der Waals surface area contributed by atoms with Gasteiger partial charge >= 0.3 is 0 Å². The predicted octanol–water partition coefficient (Wildman–Crippen LogP) is 3.36. The Morgan fingerprint density at radius 2 is 1.93 bits per heavy atom. The van der Waals surface area contributed by atoms with E-state index in [0.29, 0.717) is 29.3 Å². The van der Waals surface area contributed by atoms with E-state index >= 15 is 0 Å². The minimum atomic E-state index is -0.401. The summed E-state index contributed by atoms with van der Waals surface area (Å²) in [5.41, 5.74) is 2.00. The van der Waals surface area contributed by atoms with Gasteiger partial charge in [-0.3, -0.25) is 9.59 Å². The molecule has 0 fully saturated rings. The number of carbonyl (C=O) groups excluding carboxylic acids is 1. The molecule has 0 aliphatic rings. The molecular weight excluding hydrogens is 450 g/mol. The van der Waals surface area contributed by atoms with Crippen molar-refractivity contribution in [1.29, 1.82) is 0 Å². The third-order valence-corrected chi connectivity index (χ3v) is 4.91. The largest absolute Gasteiger partial charge is 0.492 e. The van der Waals surface area contributed by atoms with Crippen molar-refractivity contribution in [3.63, 3.8) is 0 Å². The molecule has 4 aromatic rings. The highest BCUT2D eigenvalue weighted by Gasteiger charge is 2.13. The highest BCUT2D eigenvalue weighted by atomic mass is 79.9. The maximum atomic E-state index is 12.8. The monoisotopic (exact) mass is 467 g/mol. The number of rotatable bonds is 6. The van der Waals surface area contributed by atoms with E-state index in [4.69, 9.17) is 4.74 Å². The van der Waals surface area contributed by atoms with Gasteiger partial charge in [0.05, 0.1) is 18.0 Å². The molecule has 0 unspecified atom stereocenters. The molecule has 2 aromatic carbocycles. The van der Waals surface area contributed by atoms with Crippen molar-refractivity contribution in [1.82, 2.24) is 19.4 Å². The van der Waals surface area contributed by atoms with E-state index in [2.05, 4.69) is 31.4 Å². The Kier molecular flexibility index (Phi) is 5.62. The zero-order chi connectivity index (χ0) is 21.1. The standard InChI is InChI=1S/C21H18BrN5O3/c1-2-30-19-6-4-3-5-16(19)24-20(28)12-26-21(29)18-11-17(25-27(18)13-23-26)14-7-9-15(22)10-8-14/h3-11,13H,2,12H2,1H3,(H,24,28). The third kappa shape index (κ3) is 4.11. The average Bonchev–Trinajstić information content (AvgIpc) is 3.17. The lowest BCUT2D eigenvalue weighted by Gasteiger charge is -2.11. The molecule has 0 aliphatic carbocycles. The second kappa shape index (κ2) is 8.50. The van der Waals surface area contributed by atoms with Crippen LogP contribution >= 0.6 is 15.9 Å². The van der Waals surface area contributed by atoms with Gasteiger partial charge in [-0.05, 0) is 37.3 Å². The van der Waals surface area contributed by atoms with Crippen LogP contribution in [0.4, 0.5) is 5.69 Å². The summed E-state index contributed by atoms with van der Waals surface area (Å²) in [5, 5.41) is 11.2. The SMILES string of the molecule is CCOc1ccccc1NC(=O)Cn1ncn2nc(-c3ccc(Br)cc3)cc2c1=O. The highest BCUT2D eigenvalue weighted by molar-refractivity contribution is 9.10. The van der Waals surface area contributed by atoms with Crippen molar-refractivity contribution in [2.75, 3.05) is 11.9 Å². The Morgan fingerprint density at radius 3 is 2.70 bits per heavy atom. The lowest BCUT2D eigenvalue weighted by molar-refractivity contribution is -0.117. The lowest BCUT2D eigenvalue weighted by atomic mass is 10.1. The van der Waals surface area contributed by atoms with E-state index in [1.807, 2.05) is 37.3 Å². The van der Waals surface area contributed by atoms with E-state index < -0.39 is 5.56 Å². The number of halogens is 1. The van der Waals surface area contributed by atoms with Crippen LogP contribution in [0.25, 0.3) is 16.8 Å². The molecule has 1 amide bonds. The van der Waals surface area contributed by atoms with Crippen molar-refractivity contribution < 1.29 is 9.53 Å². The fraction of sp³-hybridized carbons (Fsp3) is 0.143. The number of aromatic nitrogens is 4. The number of para-hydroxylation sites is 2. The Bertz CT molecular complexity index is 1260. The number of hydrogen-bond donors (Lipinski definition) is 1. The number of fused-ring (bicyclic) bond motifs is 1. The van der Waals surface area contributed by atoms with Gasteiger partial charge in [0, 0.05) is 10.0 Å². The van der Waals surface area contributed by atoms with Gasteiger partial charge in [-0.15, -0.1) is 0 Å². The molecule has 2 heterocycles. The molecule has 1 N–H and O–H groups in total. The number of ether oxygens (including phenoxy) is 1. The van der Waals surface area contributed by atoms with E-state index in [1.54, 1.807) is 24.3 Å². The van der Waals surface area contributed by atoms with Crippen molar-refractivity contribution in [3.05, 3.63) is 75.8 Å². The molecule has 8 nitrogen and oxygen atoms in total. The first-order valence-electron chi connectivity index (χ1n) is 9.28. The van der Waals surface area contributed by atoms with Gasteiger partial charge in [0.25, 0.3) is 5.56 Å². The Balaban J connectivity index is 1.57. The van der Waals surface area contributed by atoms with Gasteiger partial charge in [0.1, 0.15) is 24.1 Å². The molecule has 0 saturated heterocycles. The topological polar surface area (TPSA) is 90.5 Å². The zero-order valence-electron chi connectivity index (χ0n) is 16.1. The van der Waals surface area contributed by atoms with Gasteiger partial charge in [0.15, 0.2) is 0 Å². The predicted molar refractivity (Wildman–Crippen MR) is 117 cm³/mol. The third-order valence-electron chi connectivity index (χ3n) is 4.38. The first kappa shape index (κ1) is 19.8. The van der Waals surface area contributed by atoms with Crippen molar-refractivity contribution in [2.45, 2.75) is 13.5 Å². The van der Waals surface area contributed by atoms with E-state index in [0.717, 1.165) is 14.7 Å². The zero-order valence-corrected chi connectivity index (χ0v) is 17.7. The summed E-state index contributed by atoms with van der Waals surface area (Å²) in [4.78, 5) is 25.3. The minimum absolute atomic E-state index is 0.228. The quantitative estimate of drug-likeness (QED) is 0.469. The van der Waals surface area contributed by atoms with Crippen LogP contribution in [0.1, 0.15) is 6.92 Å². The molecule has 4 rings (SSSR count). The summed E-state index contributed by atoms with van der Waals surface area (Å²) in [6, 6.07) is 16.4. The fourth-order valence-corrected chi connectivity index (χ4v) is 3.25. The molecule has 9 heteroatoms. The van der Waals surface area contributed by atoms with Gasteiger partial charge in [-0.1, -0.05) is 40.2 Å². The summed E-state index contributed by atoms with van der Waals surface area (Å²) in [6.07, 6.45) is 1.42. The molecule has 0 bridgehead atoms. The molecule has 0 spiro atoms. The fourth-order valence-electron chi connectivity index (χ4n) is 2.99. The van der Waals surface area contributed by atoms with Crippen LogP contribution in [0, 0.1) is 0 Å². The smallest absolute Gasteiger partial charge is 0.293 e. The molecule has 2 aromatic heterocycles. The highest BCUT2D eigenvalue weighted by Crippen LogP contribution is 2.23.